The number of rotatable bonds is 3. The van der Waals surface area contributed by atoms with Crippen LogP contribution in [0.3, 0.4) is 0 Å². The zero-order valence-electron chi connectivity index (χ0n) is 10.2. The molecule has 1 aromatic carbocycles. The van der Waals surface area contributed by atoms with Crippen LogP contribution in [0.2, 0.25) is 0 Å². The van der Waals surface area contributed by atoms with Gasteiger partial charge in [0.2, 0.25) is 0 Å². The van der Waals surface area contributed by atoms with Crippen molar-refractivity contribution >= 4 is 17.7 Å². The molecule has 2 aliphatic rings. The van der Waals surface area contributed by atoms with Crippen LogP contribution < -0.4 is 5.73 Å². The van der Waals surface area contributed by atoms with Gasteiger partial charge in [-0.25, -0.2) is 0 Å². The molecule has 1 saturated carbocycles. The number of carboxylic acid groups (broad SMARTS) is 1. The van der Waals surface area contributed by atoms with Gasteiger partial charge in [0.05, 0.1) is 5.41 Å². The van der Waals surface area contributed by atoms with Crippen molar-refractivity contribution in [1.82, 2.24) is 0 Å². The Labute approximate surface area is 111 Å². The van der Waals surface area contributed by atoms with E-state index < -0.39 is 11.4 Å². The number of fused-ring (bicyclic) bond motifs is 1. The summed E-state index contributed by atoms with van der Waals surface area (Å²) < 4.78 is 0. The lowest BCUT2D eigenvalue weighted by atomic mass is 9.89. The summed E-state index contributed by atoms with van der Waals surface area (Å²) in [5, 5.41) is 9.29. The van der Waals surface area contributed by atoms with E-state index in [1.54, 1.807) is 0 Å². The van der Waals surface area contributed by atoms with Gasteiger partial charge in [-0.05, 0) is 48.6 Å². The maximum atomic E-state index is 11.3. The smallest absolute Gasteiger partial charge is 0.311 e. The summed E-state index contributed by atoms with van der Waals surface area (Å²) in [7, 11) is 0. The van der Waals surface area contributed by atoms with E-state index in [-0.39, 0.29) is 6.04 Å². The summed E-state index contributed by atoms with van der Waals surface area (Å²) >= 11 is 1.88. The van der Waals surface area contributed by atoms with Gasteiger partial charge in [0.25, 0.3) is 0 Å². The van der Waals surface area contributed by atoms with E-state index in [1.807, 2.05) is 17.8 Å². The molecule has 0 saturated heterocycles. The van der Waals surface area contributed by atoms with E-state index >= 15 is 0 Å². The van der Waals surface area contributed by atoms with E-state index in [0.717, 1.165) is 12.0 Å². The summed E-state index contributed by atoms with van der Waals surface area (Å²) in [4.78, 5) is 12.6. The van der Waals surface area contributed by atoms with Gasteiger partial charge in [0.15, 0.2) is 0 Å². The number of thioether (sulfide) groups is 1. The highest BCUT2D eigenvalue weighted by Gasteiger charge is 2.55. The Kier molecular flexibility index (Phi) is 2.87. The summed E-state index contributed by atoms with van der Waals surface area (Å²) in [6, 6.07) is 5.86. The quantitative estimate of drug-likeness (QED) is 0.880. The molecular formula is C14H17NO2S. The first-order valence-corrected chi connectivity index (χ1v) is 7.37. The number of hydrogen-bond donors (Lipinski definition) is 2. The molecule has 96 valence electrons. The zero-order chi connectivity index (χ0) is 12.8. The minimum absolute atomic E-state index is 0.368. The molecule has 1 unspecified atom stereocenters. The van der Waals surface area contributed by atoms with Crippen LogP contribution in [0.1, 0.15) is 36.4 Å². The maximum Gasteiger partial charge on any atom is 0.311 e. The Morgan fingerprint density at radius 2 is 2.22 bits per heavy atom. The van der Waals surface area contributed by atoms with E-state index in [0.29, 0.717) is 12.8 Å². The average Bonchev–Trinajstić information content (AvgIpc) is 3.19. The van der Waals surface area contributed by atoms with E-state index in [4.69, 9.17) is 5.73 Å². The molecule has 1 aromatic rings. The zero-order valence-corrected chi connectivity index (χ0v) is 11.0. The number of aryl methyl sites for hydroxylation is 1. The summed E-state index contributed by atoms with van der Waals surface area (Å²) in [5.74, 6) is 0.430. The third kappa shape index (κ3) is 1.84. The first kappa shape index (κ1) is 12.1. The molecule has 3 N–H and O–H groups in total. The van der Waals surface area contributed by atoms with Crippen molar-refractivity contribution in [3.63, 3.8) is 0 Å². The average molecular weight is 263 g/mol. The highest BCUT2D eigenvalue weighted by atomic mass is 32.2. The number of hydrogen-bond acceptors (Lipinski definition) is 3. The van der Waals surface area contributed by atoms with Gasteiger partial charge in [-0.15, -0.1) is 11.8 Å². The Morgan fingerprint density at radius 1 is 1.44 bits per heavy atom. The number of aliphatic carboxylic acids is 1. The monoisotopic (exact) mass is 263 g/mol. The lowest BCUT2D eigenvalue weighted by Gasteiger charge is -2.22. The number of nitrogens with two attached hydrogens (primary N) is 1. The third-order valence-corrected chi connectivity index (χ3v) is 5.30. The minimum Gasteiger partial charge on any atom is -0.481 e. The standard InChI is InChI=1S/C14H17NO2S/c15-12(14(5-6-14)13(16)17)10-3-4-11-9(8-10)2-1-7-18-11/h3-4,8,12H,1-2,5-7,15H2,(H,16,17). The van der Waals surface area contributed by atoms with Crippen LogP contribution >= 0.6 is 11.8 Å². The Bertz CT molecular complexity index is 497. The molecular weight excluding hydrogens is 246 g/mol. The van der Waals surface area contributed by atoms with Gasteiger partial charge >= 0.3 is 5.97 Å². The summed E-state index contributed by atoms with van der Waals surface area (Å²) in [6.45, 7) is 0. The fourth-order valence-electron chi connectivity index (χ4n) is 2.69. The van der Waals surface area contributed by atoms with Crippen LogP contribution in [-0.4, -0.2) is 16.8 Å². The van der Waals surface area contributed by atoms with Crippen molar-refractivity contribution < 1.29 is 9.90 Å². The molecule has 1 aliphatic carbocycles. The third-order valence-electron chi connectivity index (χ3n) is 4.10. The molecule has 1 heterocycles. The van der Waals surface area contributed by atoms with Crippen molar-refractivity contribution in [3.05, 3.63) is 29.3 Å². The molecule has 1 atom stereocenters. The molecule has 0 amide bonds. The van der Waals surface area contributed by atoms with Gasteiger partial charge < -0.3 is 10.8 Å². The largest absolute Gasteiger partial charge is 0.481 e. The van der Waals surface area contributed by atoms with Crippen molar-refractivity contribution in [2.75, 3.05) is 5.75 Å². The maximum absolute atomic E-state index is 11.3. The predicted molar refractivity (Wildman–Crippen MR) is 71.7 cm³/mol. The van der Waals surface area contributed by atoms with Crippen LogP contribution in [0.25, 0.3) is 0 Å². The summed E-state index contributed by atoms with van der Waals surface area (Å²) in [5.41, 5.74) is 7.80. The number of carboxylic acids is 1. The van der Waals surface area contributed by atoms with Crippen molar-refractivity contribution in [1.29, 1.82) is 0 Å². The van der Waals surface area contributed by atoms with Crippen LogP contribution in [0.4, 0.5) is 0 Å². The predicted octanol–water partition coefficient (Wildman–Crippen LogP) is 2.59. The van der Waals surface area contributed by atoms with Crippen molar-refractivity contribution in [3.8, 4) is 0 Å². The molecule has 4 heteroatoms. The van der Waals surface area contributed by atoms with Crippen LogP contribution in [0.15, 0.2) is 23.1 Å². The SMILES string of the molecule is NC(c1ccc2c(c1)CCCS2)C1(C(=O)O)CC1. The number of benzene rings is 1. The molecule has 0 radical (unpaired) electrons. The second kappa shape index (κ2) is 4.28. The molecule has 3 rings (SSSR count). The minimum atomic E-state index is -0.748. The lowest BCUT2D eigenvalue weighted by molar-refractivity contribution is -0.144. The fourth-order valence-corrected chi connectivity index (χ4v) is 3.70. The normalized spacial score (nSPS) is 22.1. The van der Waals surface area contributed by atoms with Gasteiger partial charge in [-0.2, -0.15) is 0 Å². The Hall–Kier alpha value is -1.00. The molecule has 0 aromatic heterocycles. The Morgan fingerprint density at radius 3 is 2.89 bits per heavy atom. The molecule has 18 heavy (non-hydrogen) atoms. The van der Waals surface area contributed by atoms with Gasteiger partial charge in [0.1, 0.15) is 0 Å². The molecule has 1 fully saturated rings. The number of carbonyl (C=O) groups is 1. The topological polar surface area (TPSA) is 63.3 Å². The van der Waals surface area contributed by atoms with Gasteiger partial charge in [0, 0.05) is 10.9 Å². The van der Waals surface area contributed by atoms with Crippen LogP contribution in [0, 0.1) is 5.41 Å². The van der Waals surface area contributed by atoms with Crippen LogP contribution in [0.5, 0.6) is 0 Å². The molecule has 0 bridgehead atoms. The fraction of sp³-hybridized carbons (Fsp3) is 0.500. The highest BCUT2D eigenvalue weighted by molar-refractivity contribution is 7.99. The van der Waals surface area contributed by atoms with E-state index in [1.165, 1.54) is 22.6 Å². The van der Waals surface area contributed by atoms with Gasteiger partial charge in [-0.1, -0.05) is 12.1 Å². The lowest BCUT2D eigenvalue weighted by Crippen LogP contribution is -2.30. The van der Waals surface area contributed by atoms with E-state index in [2.05, 4.69) is 12.1 Å². The first-order valence-electron chi connectivity index (χ1n) is 6.38. The molecule has 1 aliphatic heterocycles. The second-order valence-corrected chi connectivity index (χ2v) is 6.39. The summed E-state index contributed by atoms with van der Waals surface area (Å²) in [6.07, 6.45) is 3.69. The first-order chi connectivity index (χ1) is 8.63. The van der Waals surface area contributed by atoms with Gasteiger partial charge in [-0.3, -0.25) is 4.79 Å². The molecule has 3 nitrogen and oxygen atoms in total. The van der Waals surface area contributed by atoms with Crippen LogP contribution in [-0.2, 0) is 11.2 Å². The highest BCUT2D eigenvalue weighted by Crippen LogP contribution is 2.54. The van der Waals surface area contributed by atoms with E-state index in [9.17, 15) is 9.90 Å². The van der Waals surface area contributed by atoms with Crippen molar-refractivity contribution in [2.45, 2.75) is 36.6 Å². The second-order valence-electron chi connectivity index (χ2n) is 5.26. The molecule has 0 spiro atoms. The van der Waals surface area contributed by atoms with Crippen molar-refractivity contribution in [2.24, 2.45) is 11.1 Å². The Balaban J connectivity index is 1.91.